The van der Waals surface area contributed by atoms with E-state index in [0.717, 1.165) is 18.5 Å². The van der Waals surface area contributed by atoms with E-state index in [9.17, 15) is 9.59 Å². The maximum atomic E-state index is 11.8. The van der Waals surface area contributed by atoms with Gasteiger partial charge in [0.25, 0.3) is 0 Å². The highest BCUT2D eigenvalue weighted by atomic mass is 16.2. The molecule has 104 valence electrons. The molecule has 0 unspecified atom stereocenters. The first-order valence-corrected chi connectivity index (χ1v) is 6.49. The zero-order chi connectivity index (χ0) is 13.9. The quantitative estimate of drug-likeness (QED) is 0.767. The molecule has 20 heavy (non-hydrogen) atoms. The van der Waals surface area contributed by atoms with Crippen LogP contribution in [0, 0.1) is 0 Å². The van der Waals surface area contributed by atoms with Crippen LogP contribution in [-0.4, -0.2) is 33.9 Å². The second-order valence-electron chi connectivity index (χ2n) is 4.72. The summed E-state index contributed by atoms with van der Waals surface area (Å²) in [6, 6.07) is 5.54. The van der Waals surface area contributed by atoms with Crippen molar-refractivity contribution in [3.05, 3.63) is 30.6 Å². The van der Waals surface area contributed by atoms with Gasteiger partial charge in [0, 0.05) is 12.2 Å². The van der Waals surface area contributed by atoms with Gasteiger partial charge in [0.1, 0.15) is 11.5 Å². The lowest BCUT2D eigenvalue weighted by molar-refractivity contribution is -0.115. The first-order chi connectivity index (χ1) is 9.72. The molecule has 0 spiro atoms. The Balaban J connectivity index is 1.54. The molecule has 0 aromatic carbocycles. The molecular weight excluding hydrogens is 258 g/mol. The smallest absolute Gasteiger partial charge is 0.315 e. The fraction of sp³-hybridized carbons (Fsp3) is 0.308. The molecule has 2 heterocycles. The number of anilines is 1. The van der Waals surface area contributed by atoms with Crippen LogP contribution in [0.4, 0.5) is 10.6 Å². The van der Waals surface area contributed by atoms with Gasteiger partial charge in [0.05, 0.1) is 12.7 Å². The normalized spacial score (nSPS) is 14.0. The first kappa shape index (κ1) is 12.5. The number of amides is 3. The summed E-state index contributed by atoms with van der Waals surface area (Å²) in [7, 11) is 0. The molecule has 1 aliphatic carbocycles. The lowest BCUT2D eigenvalue weighted by Crippen LogP contribution is -2.41. The van der Waals surface area contributed by atoms with E-state index < -0.39 is 0 Å². The standard InChI is InChI=1S/C13H15N5O2/c19-12(8-15-13(20)16-9-4-5-9)17-11-7-14-10-3-1-2-6-18(10)11/h1-3,6-7,9H,4-5,8H2,(H,17,19)(H2,15,16,20). The van der Waals surface area contributed by atoms with Gasteiger partial charge in [-0.25, -0.2) is 9.78 Å². The summed E-state index contributed by atoms with van der Waals surface area (Å²) in [6.45, 7) is -0.0708. The number of hydrogen-bond acceptors (Lipinski definition) is 3. The highest BCUT2D eigenvalue weighted by Crippen LogP contribution is 2.18. The molecule has 0 bridgehead atoms. The van der Waals surface area contributed by atoms with E-state index in [-0.39, 0.29) is 24.5 Å². The van der Waals surface area contributed by atoms with Crippen LogP contribution in [0.15, 0.2) is 30.6 Å². The molecule has 1 aliphatic rings. The van der Waals surface area contributed by atoms with Gasteiger partial charge in [-0.05, 0) is 25.0 Å². The minimum absolute atomic E-state index is 0.0708. The van der Waals surface area contributed by atoms with Crippen molar-refractivity contribution < 1.29 is 9.59 Å². The molecule has 0 radical (unpaired) electrons. The first-order valence-electron chi connectivity index (χ1n) is 6.49. The fourth-order valence-corrected chi connectivity index (χ4v) is 1.84. The van der Waals surface area contributed by atoms with Crippen LogP contribution >= 0.6 is 0 Å². The maximum Gasteiger partial charge on any atom is 0.315 e. The number of pyridine rings is 1. The van der Waals surface area contributed by atoms with Crippen LogP contribution in [-0.2, 0) is 4.79 Å². The molecule has 3 N–H and O–H groups in total. The Kier molecular flexibility index (Phi) is 3.24. The van der Waals surface area contributed by atoms with Crippen molar-refractivity contribution >= 4 is 23.4 Å². The summed E-state index contributed by atoms with van der Waals surface area (Å²) in [4.78, 5) is 27.3. The Morgan fingerprint density at radius 3 is 3.00 bits per heavy atom. The number of hydrogen-bond donors (Lipinski definition) is 3. The molecule has 3 rings (SSSR count). The van der Waals surface area contributed by atoms with Gasteiger partial charge < -0.3 is 16.0 Å². The number of imidazole rings is 1. The third-order valence-corrected chi connectivity index (χ3v) is 3.01. The molecule has 0 saturated heterocycles. The minimum atomic E-state index is -0.305. The van der Waals surface area contributed by atoms with Crippen LogP contribution in [0.3, 0.4) is 0 Å². The number of rotatable bonds is 4. The van der Waals surface area contributed by atoms with Crippen LogP contribution < -0.4 is 16.0 Å². The third kappa shape index (κ3) is 2.87. The van der Waals surface area contributed by atoms with Crippen LogP contribution in [0.2, 0.25) is 0 Å². The van der Waals surface area contributed by atoms with Gasteiger partial charge in [0.15, 0.2) is 0 Å². The Morgan fingerprint density at radius 2 is 2.20 bits per heavy atom. The lowest BCUT2D eigenvalue weighted by Gasteiger charge is -2.07. The monoisotopic (exact) mass is 273 g/mol. The molecule has 7 heteroatoms. The van der Waals surface area contributed by atoms with Gasteiger partial charge in [-0.1, -0.05) is 6.07 Å². The van der Waals surface area contributed by atoms with E-state index in [1.807, 2.05) is 24.4 Å². The van der Waals surface area contributed by atoms with Gasteiger partial charge >= 0.3 is 6.03 Å². The van der Waals surface area contributed by atoms with Crippen molar-refractivity contribution in [1.82, 2.24) is 20.0 Å². The number of urea groups is 1. The summed E-state index contributed by atoms with van der Waals surface area (Å²) in [5.41, 5.74) is 0.752. The molecule has 2 aromatic heterocycles. The molecule has 0 aliphatic heterocycles. The van der Waals surface area contributed by atoms with Gasteiger partial charge in [-0.15, -0.1) is 0 Å². The SMILES string of the molecule is O=C(CNC(=O)NC1CC1)Nc1cnc2ccccn12. The fourth-order valence-electron chi connectivity index (χ4n) is 1.84. The maximum absolute atomic E-state index is 11.8. The summed E-state index contributed by atoms with van der Waals surface area (Å²) < 4.78 is 1.77. The number of aromatic nitrogens is 2. The van der Waals surface area contributed by atoms with E-state index in [0.29, 0.717) is 5.82 Å². The molecule has 1 saturated carbocycles. The highest BCUT2D eigenvalue weighted by Gasteiger charge is 2.23. The van der Waals surface area contributed by atoms with Crippen molar-refractivity contribution in [3.8, 4) is 0 Å². The Bertz CT molecular complexity index is 647. The molecule has 3 amide bonds. The van der Waals surface area contributed by atoms with Crippen molar-refractivity contribution in [1.29, 1.82) is 0 Å². The number of fused-ring (bicyclic) bond motifs is 1. The molecule has 0 atom stereocenters. The number of nitrogens with zero attached hydrogens (tertiary/aromatic N) is 2. The average molecular weight is 273 g/mol. The Hall–Kier alpha value is -2.57. The Morgan fingerprint density at radius 1 is 1.35 bits per heavy atom. The van der Waals surface area contributed by atoms with Gasteiger partial charge in [0.2, 0.25) is 5.91 Å². The van der Waals surface area contributed by atoms with Crippen LogP contribution in [0.1, 0.15) is 12.8 Å². The largest absolute Gasteiger partial charge is 0.335 e. The van der Waals surface area contributed by atoms with E-state index in [1.54, 1.807) is 10.6 Å². The average Bonchev–Trinajstić information content (AvgIpc) is 3.17. The summed E-state index contributed by atoms with van der Waals surface area (Å²) >= 11 is 0. The number of carbonyl (C=O) groups is 2. The van der Waals surface area contributed by atoms with E-state index in [1.165, 1.54) is 0 Å². The Labute approximate surface area is 115 Å². The zero-order valence-corrected chi connectivity index (χ0v) is 10.8. The molecular formula is C13H15N5O2. The topological polar surface area (TPSA) is 87.5 Å². The van der Waals surface area contributed by atoms with Crippen molar-refractivity contribution in [2.24, 2.45) is 0 Å². The van der Waals surface area contributed by atoms with Gasteiger partial charge in [-0.3, -0.25) is 9.20 Å². The second-order valence-corrected chi connectivity index (χ2v) is 4.72. The zero-order valence-electron chi connectivity index (χ0n) is 10.8. The number of nitrogens with one attached hydrogen (secondary N) is 3. The van der Waals surface area contributed by atoms with E-state index in [2.05, 4.69) is 20.9 Å². The predicted octanol–water partition coefficient (Wildman–Crippen LogP) is 0.734. The minimum Gasteiger partial charge on any atom is -0.335 e. The molecule has 1 fully saturated rings. The van der Waals surface area contributed by atoms with Crippen LogP contribution in [0.25, 0.3) is 5.65 Å². The summed E-state index contributed by atoms with van der Waals surface area (Å²) in [5, 5.41) is 7.98. The van der Waals surface area contributed by atoms with Crippen molar-refractivity contribution in [3.63, 3.8) is 0 Å². The van der Waals surface area contributed by atoms with E-state index >= 15 is 0 Å². The predicted molar refractivity (Wildman–Crippen MR) is 73.4 cm³/mol. The van der Waals surface area contributed by atoms with Gasteiger partial charge in [-0.2, -0.15) is 0 Å². The highest BCUT2D eigenvalue weighted by molar-refractivity contribution is 5.93. The number of carbonyl (C=O) groups excluding carboxylic acids is 2. The van der Waals surface area contributed by atoms with Crippen LogP contribution in [0.5, 0.6) is 0 Å². The molecule has 2 aromatic rings. The van der Waals surface area contributed by atoms with Crippen molar-refractivity contribution in [2.75, 3.05) is 11.9 Å². The summed E-state index contributed by atoms with van der Waals surface area (Å²) in [5.74, 6) is 0.289. The summed E-state index contributed by atoms with van der Waals surface area (Å²) in [6.07, 6.45) is 5.42. The second kappa shape index (κ2) is 5.20. The van der Waals surface area contributed by atoms with E-state index in [4.69, 9.17) is 0 Å². The van der Waals surface area contributed by atoms with Crippen molar-refractivity contribution in [2.45, 2.75) is 18.9 Å². The lowest BCUT2D eigenvalue weighted by atomic mass is 10.5. The third-order valence-electron chi connectivity index (χ3n) is 3.01. The molecule has 7 nitrogen and oxygen atoms in total.